The molecule has 4 nitrogen and oxygen atoms in total. The molecule has 6 heteroatoms. The van der Waals surface area contributed by atoms with Gasteiger partial charge in [-0.15, -0.1) is 0 Å². The molecule has 0 aliphatic heterocycles. The van der Waals surface area contributed by atoms with E-state index in [0.29, 0.717) is 23.0 Å². The van der Waals surface area contributed by atoms with Gasteiger partial charge in [0.2, 0.25) is 11.8 Å². The zero-order valence-electron chi connectivity index (χ0n) is 13.3. The van der Waals surface area contributed by atoms with Crippen molar-refractivity contribution in [1.82, 2.24) is 10.2 Å². The Morgan fingerprint density at radius 1 is 1.18 bits per heavy atom. The minimum Gasteiger partial charge on any atom is -0.352 e. The number of amides is 2. The number of benzene rings is 1. The van der Waals surface area contributed by atoms with E-state index in [9.17, 15) is 9.59 Å². The second kappa shape index (κ2) is 8.39. The van der Waals surface area contributed by atoms with Gasteiger partial charge in [0.15, 0.2) is 0 Å². The number of nitrogens with one attached hydrogen (secondary N) is 1. The van der Waals surface area contributed by atoms with Crippen LogP contribution in [0.15, 0.2) is 18.2 Å². The number of carbonyl (C=O) groups is 2. The lowest BCUT2D eigenvalue weighted by molar-refractivity contribution is -0.140. The van der Waals surface area contributed by atoms with Crippen LogP contribution in [0.3, 0.4) is 0 Å². The van der Waals surface area contributed by atoms with E-state index in [1.807, 2.05) is 13.8 Å². The molecule has 0 aliphatic carbocycles. The molecule has 1 atom stereocenters. The van der Waals surface area contributed by atoms with Crippen LogP contribution in [0.5, 0.6) is 0 Å². The van der Waals surface area contributed by atoms with Gasteiger partial charge in [0, 0.05) is 19.0 Å². The molecule has 0 aromatic heterocycles. The molecule has 0 spiro atoms. The molecule has 1 aromatic carbocycles. The maximum Gasteiger partial charge on any atom is 0.242 e. The number of hydrogen-bond donors (Lipinski definition) is 1. The maximum absolute atomic E-state index is 12.2. The van der Waals surface area contributed by atoms with Crippen molar-refractivity contribution >= 4 is 35.0 Å². The van der Waals surface area contributed by atoms with Crippen LogP contribution in [0, 0.1) is 0 Å². The van der Waals surface area contributed by atoms with Crippen molar-refractivity contribution in [3.05, 3.63) is 33.8 Å². The Morgan fingerprint density at radius 3 is 2.32 bits per heavy atom. The van der Waals surface area contributed by atoms with E-state index in [2.05, 4.69) is 5.32 Å². The van der Waals surface area contributed by atoms with Crippen LogP contribution >= 0.6 is 23.2 Å². The standard InChI is InChI=1S/C16H22Cl2N2O2/c1-5-15(21)20(11(4)16(22)19-10(2)3)9-12-6-7-13(17)14(18)8-12/h6-8,10-11H,5,9H2,1-4H3,(H,19,22)/t11-/m0/s1. The van der Waals surface area contributed by atoms with Crippen LogP contribution in [0.4, 0.5) is 0 Å². The fourth-order valence-electron chi connectivity index (χ4n) is 2.03. The zero-order valence-corrected chi connectivity index (χ0v) is 14.8. The summed E-state index contributed by atoms with van der Waals surface area (Å²) in [5, 5.41) is 3.72. The lowest BCUT2D eigenvalue weighted by atomic mass is 10.1. The first-order valence-corrected chi connectivity index (χ1v) is 8.05. The Bertz CT molecular complexity index is 547. The van der Waals surface area contributed by atoms with Gasteiger partial charge in [-0.2, -0.15) is 0 Å². The third kappa shape index (κ3) is 5.18. The first kappa shape index (κ1) is 18.8. The van der Waals surface area contributed by atoms with Crippen molar-refractivity contribution in [3.63, 3.8) is 0 Å². The topological polar surface area (TPSA) is 49.4 Å². The van der Waals surface area contributed by atoms with Crippen molar-refractivity contribution in [2.24, 2.45) is 0 Å². The van der Waals surface area contributed by atoms with Crippen LogP contribution in [0.1, 0.15) is 39.7 Å². The molecule has 1 rings (SSSR count). The minimum atomic E-state index is -0.552. The van der Waals surface area contributed by atoms with Gasteiger partial charge >= 0.3 is 0 Å². The van der Waals surface area contributed by atoms with E-state index in [1.54, 1.807) is 36.9 Å². The number of rotatable bonds is 6. The summed E-state index contributed by atoms with van der Waals surface area (Å²) in [5.41, 5.74) is 0.834. The highest BCUT2D eigenvalue weighted by Crippen LogP contribution is 2.23. The highest BCUT2D eigenvalue weighted by Gasteiger charge is 2.25. The minimum absolute atomic E-state index is 0.0264. The summed E-state index contributed by atoms with van der Waals surface area (Å²) in [6.07, 6.45) is 0.334. The van der Waals surface area contributed by atoms with Gasteiger partial charge in [-0.1, -0.05) is 36.2 Å². The number of halogens is 2. The summed E-state index contributed by atoms with van der Waals surface area (Å²) >= 11 is 11.9. The van der Waals surface area contributed by atoms with Gasteiger partial charge in [-0.3, -0.25) is 9.59 Å². The molecule has 0 saturated heterocycles. The highest BCUT2D eigenvalue weighted by atomic mass is 35.5. The van der Waals surface area contributed by atoms with Gasteiger partial charge < -0.3 is 10.2 Å². The second-order valence-corrected chi connectivity index (χ2v) is 6.28. The summed E-state index contributed by atoms with van der Waals surface area (Å²) in [6.45, 7) is 7.58. The third-order valence-corrected chi connectivity index (χ3v) is 3.98. The van der Waals surface area contributed by atoms with Crippen molar-refractivity contribution in [3.8, 4) is 0 Å². The number of hydrogen-bond acceptors (Lipinski definition) is 2. The summed E-state index contributed by atoms with van der Waals surface area (Å²) in [7, 11) is 0. The zero-order chi connectivity index (χ0) is 16.9. The molecule has 0 bridgehead atoms. The summed E-state index contributed by atoms with van der Waals surface area (Å²) in [4.78, 5) is 25.9. The van der Waals surface area contributed by atoms with Crippen molar-refractivity contribution < 1.29 is 9.59 Å². The molecular formula is C16H22Cl2N2O2. The Labute approximate surface area is 141 Å². The fraction of sp³-hybridized carbons (Fsp3) is 0.500. The van der Waals surface area contributed by atoms with Crippen LogP contribution in [0.2, 0.25) is 10.0 Å². The molecule has 0 radical (unpaired) electrons. The van der Waals surface area contributed by atoms with E-state index in [0.717, 1.165) is 5.56 Å². The first-order chi connectivity index (χ1) is 10.3. The third-order valence-electron chi connectivity index (χ3n) is 3.24. The predicted octanol–water partition coefficient (Wildman–Crippen LogP) is 3.65. The average Bonchev–Trinajstić information content (AvgIpc) is 2.46. The molecular weight excluding hydrogens is 323 g/mol. The molecule has 1 aromatic rings. The van der Waals surface area contributed by atoms with E-state index in [1.165, 1.54) is 0 Å². The first-order valence-electron chi connectivity index (χ1n) is 7.30. The van der Waals surface area contributed by atoms with Gasteiger partial charge in [0.05, 0.1) is 10.0 Å². The molecule has 2 amide bonds. The van der Waals surface area contributed by atoms with Crippen LogP contribution < -0.4 is 5.32 Å². The number of nitrogens with zero attached hydrogens (tertiary/aromatic N) is 1. The van der Waals surface area contributed by atoms with Crippen LogP contribution in [0.25, 0.3) is 0 Å². The average molecular weight is 345 g/mol. The monoisotopic (exact) mass is 344 g/mol. The van der Waals surface area contributed by atoms with Crippen molar-refractivity contribution in [1.29, 1.82) is 0 Å². The van der Waals surface area contributed by atoms with Gasteiger partial charge in [0.1, 0.15) is 6.04 Å². The Hall–Kier alpha value is -1.26. The van der Waals surface area contributed by atoms with Crippen LogP contribution in [-0.4, -0.2) is 28.8 Å². The summed E-state index contributed by atoms with van der Waals surface area (Å²) in [6, 6.07) is 4.68. The largest absolute Gasteiger partial charge is 0.352 e. The summed E-state index contributed by atoms with van der Waals surface area (Å²) < 4.78 is 0. The van der Waals surface area contributed by atoms with E-state index in [4.69, 9.17) is 23.2 Å². The van der Waals surface area contributed by atoms with E-state index in [-0.39, 0.29) is 17.9 Å². The maximum atomic E-state index is 12.2. The molecule has 0 saturated carbocycles. The SMILES string of the molecule is CCC(=O)N(Cc1ccc(Cl)c(Cl)c1)[C@@H](C)C(=O)NC(C)C. The fourth-order valence-corrected chi connectivity index (χ4v) is 2.35. The molecule has 122 valence electrons. The Balaban J connectivity index is 2.95. The van der Waals surface area contributed by atoms with E-state index >= 15 is 0 Å². The smallest absolute Gasteiger partial charge is 0.242 e. The molecule has 22 heavy (non-hydrogen) atoms. The molecule has 0 unspecified atom stereocenters. The van der Waals surface area contributed by atoms with Gasteiger partial charge in [0.25, 0.3) is 0 Å². The van der Waals surface area contributed by atoms with Crippen molar-refractivity contribution in [2.45, 2.75) is 52.7 Å². The number of carbonyl (C=O) groups excluding carboxylic acids is 2. The highest BCUT2D eigenvalue weighted by molar-refractivity contribution is 6.42. The molecule has 1 N–H and O–H groups in total. The lowest BCUT2D eigenvalue weighted by Gasteiger charge is -2.29. The Morgan fingerprint density at radius 2 is 1.82 bits per heavy atom. The van der Waals surface area contributed by atoms with Gasteiger partial charge in [-0.25, -0.2) is 0 Å². The Kier molecular flexibility index (Phi) is 7.17. The van der Waals surface area contributed by atoms with E-state index < -0.39 is 6.04 Å². The molecule has 0 aliphatic rings. The normalized spacial score (nSPS) is 12.1. The lowest BCUT2D eigenvalue weighted by Crippen LogP contribution is -2.48. The molecule has 0 fully saturated rings. The second-order valence-electron chi connectivity index (χ2n) is 5.46. The quantitative estimate of drug-likeness (QED) is 0.856. The van der Waals surface area contributed by atoms with Gasteiger partial charge in [-0.05, 0) is 38.5 Å². The predicted molar refractivity (Wildman–Crippen MR) is 90.0 cm³/mol. The van der Waals surface area contributed by atoms with Crippen LogP contribution in [-0.2, 0) is 16.1 Å². The molecule has 0 heterocycles. The van der Waals surface area contributed by atoms with Crippen molar-refractivity contribution in [2.75, 3.05) is 0 Å². The summed E-state index contributed by atoms with van der Waals surface area (Å²) in [5.74, 6) is -0.255.